The molecule has 4 rings (SSSR count). The number of esters is 1. The van der Waals surface area contributed by atoms with Crippen LogP contribution in [0.3, 0.4) is 0 Å². The number of ketones is 1. The highest BCUT2D eigenvalue weighted by atomic mass is 35.5. The van der Waals surface area contributed by atoms with Crippen LogP contribution < -0.4 is 10.3 Å². The number of nitrogens with zero attached hydrogens (tertiary/aromatic N) is 2. The molecule has 0 amide bonds. The largest absolute Gasteiger partial charge is 0.495 e. The van der Waals surface area contributed by atoms with E-state index in [1.165, 1.54) is 17.7 Å². The molecular formula is C33H35ClN2O6. The van der Waals surface area contributed by atoms with Crippen molar-refractivity contribution in [1.29, 1.82) is 5.26 Å². The first-order valence-electron chi connectivity index (χ1n) is 14.1. The fourth-order valence-electron chi connectivity index (χ4n) is 5.59. The molecule has 1 aliphatic carbocycles. The van der Waals surface area contributed by atoms with Crippen LogP contribution in [-0.2, 0) is 20.7 Å². The van der Waals surface area contributed by atoms with E-state index >= 15 is 0 Å². The van der Waals surface area contributed by atoms with E-state index in [0.717, 1.165) is 31.2 Å². The van der Waals surface area contributed by atoms with Gasteiger partial charge in [0.25, 0.3) is 5.56 Å². The van der Waals surface area contributed by atoms with Crippen LogP contribution >= 0.6 is 11.6 Å². The Balaban J connectivity index is 1.69. The molecule has 0 radical (unpaired) electrons. The van der Waals surface area contributed by atoms with Crippen LogP contribution in [0.4, 0.5) is 0 Å². The molecule has 0 aliphatic heterocycles. The number of aromatic nitrogens is 1. The molecule has 0 spiro atoms. The molecule has 8 nitrogen and oxygen atoms in total. The minimum absolute atomic E-state index is 0.0879. The van der Waals surface area contributed by atoms with Crippen LogP contribution in [0.2, 0.25) is 5.02 Å². The third-order valence-electron chi connectivity index (χ3n) is 7.89. The van der Waals surface area contributed by atoms with Gasteiger partial charge in [0.05, 0.1) is 49.3 Å². The second-order valence-corrected chi connectivity index (χ2v) is 10.9. The van der Waals surface area contributed by atoms with E-state index in [1.807, 2.05) is 0 Å². The zero-order chi connectivity index (χ0) is 30.2. The van der Waals surface area contributed by atoms with E-state index in [1.54, 1.807) is 62.7 Å². The number of halogens is 1. The molecule has 3 aromatic rings. The maximum absolute atomic E-state index is 13.9. The van der Waals surface area contributed by atoms with Gasteiger partial charge in [-0.15, -0.1) is 0 Å². The summed E-state index contributed by atoms with van der Waals surface area (Å²) in [4.78, 5) is 39.6. The van der Waals surface area contributed by atoms with Crippen LogP contribution in [0.25, 0.3) is 11.1 Å². The Kier molecular flexibility index (Phi) is 10.6. The Morgan fingerprint density at radius 2 is 1.76 bits per heavy atom. The number of benzene rings is 2. The first-order chi connectivity index (χ1) is 20.3. The molecule has 220 valence electrons. The number of nitriles is 1. The van der Waals surface area contributed by atoms with Gasteiger partial charge in [-0.1, -0.05) is 23.7 Å². The Morgan fingerprint density at radius 1 is 1.05 bits per heavy atom. The van der Waals surface area contributed by atoms with Crippen molar-refractivity contribution < 1.29 is 23.8 Å². The van der Waals surface area contributed by atoms with Gasteiger partial charge in [0.15, 0.2) is 5.78 Å². The van der Waals surface area contributed by atoms with Gasteiger partial charge in [0.2, 0.25) is 0 Å². The summed E-state index contributed by atoms with van der Waals surface area (Å²) in [5, 5.41) is 10.1. The summed E-state index contributed by atoms with van der Waals surface area (Å²) in [6.45, 7) is 2.02. The molecular weight excluding hydrogens is 556 g/mol. The fourth-order valence-corrected chi connectivity index (χ4v) is 5.77. The predicted octanol–water partition coefficient (Wildman–Crippen LogP) is 6.17. The summed E-state index contributed by atoms with van der Waals surface area (Å²) in [6, 6.07) is 14.4. The summed E-state index contributed by atoms with van der Waals surface area (Å²) in [7, 11) is 3.20. The van der Waals surface area contributed by atoms with E-state index in [-0.39, 0.29) is 36.4 Å². The lowest BCUT2D eigenvalue weighted by Crippen LogP contribution is -2.33. The monoisotopic (exact) mass is 590 g/mol. The molecule has 42 heavy (non-hydrogen) atoms. The highest BCUT2D eigenvalue weighted by Crippen LogP contribution is 2.36. The maximum atomic E-state index is 13.9. The van der Waals surface area contributed by atoms with E-state index in [9.17, 15) is 19.6 Å². The summed E-state index contributed by atoms with van der Waals surface area (Å²) in [5.74, 6) is 0.0586. The number of hydrogen-bond donors (Lipinski definition) is 0. The number of ether oxygens (including phenoxy) is 3. The lowest BCUT2D eigenvalue weighted by Gasteiger charge is -2.31. The molecule has 1 saturated carbocycles. The summed E-state index contributed by atoms with van der Waals surface area (Å²) >= 11 is 6.22. The van der Waals surface area contributed by atoms with Gasteiger partial charge >= 0.3 is 5.97 Å². The molecule has 2 aromatic carbocycles. The average molecular weight is 591 g/mol. The zero-order valence-electron chi connectivity index (χ0n) is 24.1. The van der Waals surface area contributed by atoms with Crippen LogP contribution in [0.15, 0.2) is 59.5 Å². The van der Waals surface area contributed by atoms with Gasteiger partial charge in [-0.2, -0.15) is 5.26 Å². The second-order valence-electron chi connectivity index (χ2n) is 10.5. The normalized spacial score (nSPS) is 17.2. The lowest BCUT2D eigenvalue weighted by molar-refractivity contribution is -0.122. The second kappa shape index (κ2) is 14.3. The number of hydrogen-bond acceptors (Lipinski definition) is 7. The average Bonchev–Trinajstić information content (AvgIpc) is 3.00. The van der Waals surface area contributed by atoms with Gasteiger partial charge in [0, 0.05) is 35.7 Å². The molecule has 1 heterocycles. The summed E-state index contributed by atoms with van der Waals surface area (Å²) in [5.41, 5.74) is 2.02. The number of methoxy groups -OCH3 is 2. The van der Waals surface area contributed by atoms with Gasteiger partial charge in [0.1, 0.15) is 5.75 Å². The number of carbonyl (C=O) groups excluding carboxylic acids is 2. The van der Waals surface area contributed by atoms with Crippen molar-refractivity contribution in [3.8, 4) is 22.9 Å². The molecule has 1 unspecified atom stereocenters. The van der Waals surface area contributed by atoms with Crippen LogP contribution in [-0.4, -0.2) is 43.3 Å². The first kappa shape index (κ1) is 31.0. The highest BCUT2D eigenvalue weighted by molar-refractivity contribution is 6.31. The van der Waals surface area contributed by atoms with Crippen LogP contribution in [0.1, 0.15) is 66.6 Å². The van der Waals surface area contributed by atoms with Gasteiger partial charge in [-0.25, -0.2) is 4.79 Å². The van der Waals surface area contributed by atoms with Crippen molar-refractivity contribution in [2.24, 2.45) is 5.92 Å². The third kappa shape index (κ3) is 7.28. The summed E-state index contributed by atoms with van der Waals surface area (Å²) in [6.07, 6.45) is 5.96. The third-order valence-corrected chi connectivity index (χ3v) is 8.13. The topological polar surface area (TPSA) is 108 Å². The van der Waals surface area contributed by atoms with Crippen LogP contribution in [0, 0.1) is 17.2 Å². The quantitative estimate of drug-likeness (QED) is 0.246. The van der Waals surface area contributed by atoms with E-state index in [4.69, 9.17) is 25.8 Å². The first-order valence-corrected chi connectivity index (χ1v) is 14.5. The Bertz CT molecular complexity index is 1520. The van der Waals surface area contributed by atoms with E-state index < -0.39 is 12.0 Å². The Morgan fingerprint density at radius 3 is 2.38 bits per heavy atom. The molecule has 0 bridgehead atoms. The smallest absolute Gasteiger partial charge is 0.338 e. The summed E-state index contributed by atoms with van der Waals surface area (Å²) < 4.78 is 17.7. The van der Waals surface area contributed by atoms with Crippen molar-refractivity contribution in [3.63, 3.8) is 0 Å². The van der Waals surface area contributed by atoms with Gasteiger partial charge < -0.3 is 18.8 Å². The van der Waals surface area contributed by atoms with Gasteiger partial charge in [-0.3, -0.25) is 9.59 Å². The number of rotatable bonds is 11. The molecule has 0 N–H and O–H groups in total. The van der Waals surface area contributed by atoms with Crippen molar-refractivity contribution in [2.45, 2.75) is 57.6 Å². The SMILES string of the molecule is CCOC(=O)c1ccc(CC(=O)C(CC2CCC(OC)CC2)n2cc(OC)c(-c3cc(Cl)ccc3C#N)cc2=O)cc1. The zero-order valence-corrected chi connectivity index (χ0v) is 24.9. The number of Topliss-reactive ketones (excluding diaryl/α,β-unsaturated/α-hetero) is 1. The standard InChI is InChI=1S/C33H35ClN2O6/c1-4-42-33(39)23-9-5-22(6-10-23)16-30(37)29(15-21-7-13-26(40-2)14-8-21)36-20-31(41-3)28(18-32(36)38)27-17-25(34)12-11-24(27)19-35/h5-6,9-12,17-18,20-21,26,29H,4,7-8,13-16H2,1-3H3. The predicted molar refractivity (Wildman–Crippen MR) is 160 cm³/mol. The maximum Gasteiger partial charge on any atom is 0.338 e. The van der Waals surface area contributed by atoms with Crippen LogP contribution in [0.5, 0.6) is 5.75 Å². The lowest BCUT2D eigenvalue weighted by atomic mass is 9.82. The molecule has 9 heteroatoms. The van der Waals surface area contributed by atoms with Crippen molar-refractivity contribution in [2.75, 3.05) is 20.8 Å². The van der Waals surface area contributed by atoms with Crippen molar-refractivity contribution in [1.82, 2.24) is 4.57 Å². The van der Waals surface area contributed by atoms with Crippen molar-refractivity contribution >= 4 is 23.4 Å². The molecule has 1 aromatic heterocycles. The van der Waals surface area contributed by atoms with E-state index in [0.29, 0.717) is 39.4 Å². The fraction of sp³-hybridized carbons (Fsp3) is 0.394. The Labute approximate surface area is 250 Å². The molecule has 1 fully saturated rings. The van der Waals surface area contributed by atoms with Crippen molar-refractivity contribution in [3.05, 3.63) is 86.8 Å². The minimum Gasteiger partial charge on any atom is -0.495 e. The highest BCUT2D eigenvalue weighted by Gasteiger charge is 2.30. The van der Waals surface area contributed by atoms with Gasteiger partial charge in [-0.05, 0) is 80.8 Å². The number of pyridine rings is 1. The van der Waals surface area contributed by atoms with E-state index in [2.05, 4.69) is 6.07 Å². The molecule has 1 aliphatic rings. The minimum atomic E-state index is -0.732. The number of carbonyl (C=O) groups is 2. The molecule has 0 saturated heterocycles. The Hall–Kier alpha value is -3.93. The molecule has 1 atom stereocenters.